The number of pyridine rings is 1. The zero-order valence-electron chi connectivity index (χ0n) is 54.2. The topological polar surface area (TPSA) is 95.5 Å². The zero-order chi connectivity index (χ0) is 59.8. The monoisotopic (exact) mass is 1100 g/mol. The Kier molecular flexibility index (Phi) is 33.2. The SMILES string of the molecule is C=C(/C(=C\C=C(\OC)C(C)CC)NC(CCC)(CCC(C)CC)/C(C)=C/NC(C)C)C(C)CC.CCC(C)C.CCNC.CCc1cccc(C)c1.Cc1ccccc1CN1CCC2(CC1)Nc1cccnc1-n1c(C=O)ccc12. The molecule has 80 heavy (non-hydrogen) atoms. The summed E-state index contributed by atoms with van der Waals surface area (Å²) in [6, 6.07) is 25.7. The lowest BCUT2D eigenvalue weighted by Crippen LogP contribution is -2.49. The molecule has 2 aromatic heterocycles. The van der Waals surface area contributed by atoms with Crippen LogP contribution in [-0.4, -0.2) is 66.1 Å². The van der Waals surface area contributed by atoms with Crippen LogP contribution in [0.3, 0.4) is 0 Å². The number of nitrogens with zero attached hydrogens (tertiary/aromatic N) is 3. The van der Waals surface area contributed by atoms with Crippen LogP contribution < -0.4 is 21.3 Å². The summed E-state index contributed by atoms with van der Waals surface area (Å²) in [5, 5.41) is 14.3. The highest BCUT2D eigenvalue weighted by Crippen LogP contribution is 2.44. The number of nitrogens with one attached hydrogen (secondary N) is 4. The molecule has 0 saturated carbocycles. The van der Waals surface area contributed by atoms with Crippen LogP contribution >= 0.6 is 0 Å². The van der Waals surface area contributed by atoms with Crippen LogP contribution in [0, 0.1) is 37.5 Å². The molecule has 1 spiro atoms. The fourth-order valence-corrected chi connectivity index (χ4v) is 9.68. The average Bonchev–Trinajstić information content (AvgIpc) is 3.93. The number of aryl methyl sites for hydroxylation is 3. The molecule has 0 bridgehead atoms. The molecule has 4 aromatic rings. The lowest BCUT2D eigenvalue weighted by Gasteiger charge is -2.46. The highest BCUT2D eigenvalue weighted by molar-refractivity contribution is 5.77. The summed E-state index contributed by atoms with van der Waals surface area (Å²) < 4.78 is 7.78. The summed E-state index contributed by atoms with van der Waals surface area (Å²) in [6.07, 6.45) is 21.6. The van der Waals surface area contributed by atoms with Crippen molar-refractivity contribution in [2.75, 3.05) is 39.1 Å². The van der Waals surface area contributed by atoms with Crippen molar-refractivity contribution in [1.82, 2.24) is 30.4 Å². The molecule has 4 heterocycles. The fourth-order valence-electron chi connectivity index (χ4n) is 9.68. The number of benzene rings is 2. The van der Waals surface area contributed by atoms with Crippen LogP contribution in [0.1, 0.15) is 207 Å². The van der Waals surface area contributed by atoms with E-state index < -0.39 is 0 Å². The Bertz CT molecular complexity index is 2470. The van der Waals surface area contributed by atoms with Gasteiger partial charge in [0.25, 0.3) is 0 Å². The standard InChI is InChI=1S/C31H58N2O.C23H24N4O.C9H12.C5H12.C3H9N/c1-13-20-31(21-19-24(7)14-2,27(10)22-32-23(5)6)33-29(28(11)25(8)15-3)17-18-30(34-12)26(9)16-4;1-17-5-2-3-6-18(17)15-26-13-10-23(11-14-26)21-9-8-19(16-28)27(21)22-20(25-23)7-4-12-24-22;1-3-9-6-4-5-8(2)7-9;1-4-5(2)3;1-3-4-2/h17-18,22-26,32-33H,11,13-16,19-21H2,1-10,12H3;2-9,12,16,25H,10-11,13-15H2,1H3;4-7H,3H2,1-2H3;5H,4H2,1-3H3;4H,3H2,1-2H3/b27-22+,29-17+,30-18+;;;;. The lowest BCUT2D eigenvalue weighted by molar-refractivity contribution is 0.111. The highest BCUT2D eigenvalue weighted by Gasteiger charge is 2.43. The number of carbonyl (C=O) groups is 1. The zero-order valence-corrected chi connectivity index (χ0v) is 54.2. The molecule has 0 aliphatic carbocycles. The van der Waals surface area contributed by atoms with Gasteiger partial charge >= 0.3 is 0 Å². The van der Waals surface area contributed by atoms with Crippen molar-refractivity contribution in [1.29, 1.82) is 0 Å². The molecule has 4 N–H and O–H groups in total. The van der Waals surface area contributed by atoms with Gasteiger partial charge in [-0.05, 0) is 188 Å². The van der Waals surface area contributed by atoms with Gasteiger partial charge in [0.05, 0.1) is 41.0 Å². The van der Waals surface area contributed by atoms with E-state index in [-0.39, 0.29) is 11.1 Å². The molecular formula is C71H115N7O2. The van der Waals surface area contributed by atoms with Crippen LogP contribution in [0.25, 0.3) is 5.82 Å². The van der Waals surface area contributed by atoms with Crippen molar-refractivity contribution in [3.05, 3.63) is 160 Å². The van der Waals surface area contributed by atoms with E-state index in [1.807, 2.05) is 23.7 Å². The maximum absolute atomic E-state index is 11.6. The van der Waals surface area contributed by atoms with Crippen molar-refractivity contribution in [2.24, 2.45) is 23.7 Å². The number of carbonyl (C=O) groups excluding carboxylic acids is 1. The second kappa shape index (κ2) is 37.6. The summed E-state index contributed by atoms with van der Waals surface area (Å²) in [5.74, 6) is 4.23. The first kappa shape index (κ1) is 70.7. The third kappa shape index (κ3) is 22.5. The van der Waals surface area contributed by atoms with Crippen LogP contribution in [0.2, 0.25) is 0 Å². The van der Waals surface area contributed by atoms with E-state index in [1.54, 1.807) is 13.3 Å². The van der Waals surface area contributed by atoms with E-state index in [0.29, 0.717) is 29.5 Å². The number of piperidine rings is 1. The largest absolute Gasteiger partial charge is 0.501 e. The number of hydrogen-bond donors (Lipinski definition) is 4. The van der Waals surface area contributed by atoms with Crippen LogP contribution in [0.4, 0.5) is 5.69 Å². The summed E-state index contributed by atoms with van der Waals surface area (Å²) >= 11 is 0. The van der Waals surface area contributed by atoms with E-state index in [4.69, 9.17) is 4.74 Å². The molecule has 0 radical (unpaired) electrons. The average molecular weight is 1100 g/mol. The Balaban J connectivity index is 0.000000419. The first-order valence-corrected chi connectivity index (χ1v) is 31.0. The number of ether oxygens (including phenoxy) is 1. The highest BCUT2D eigenvalue weighted by atomic mass is 16.5. The van der Waals surface area contributed by atoms with E-state index in [1.165, 1.54) is 52.7 Å². The third-order valence-electron chi connectivity index (χ3n) is 16.4. The maximum atomic E-state index is 11.6. The van der Waals surface area contributed by atoms with Crippen molar-refractivity contribution in [3.63, 3.8) is 0 Å². The molecule has 9 nitrogen and oxygen atoms in total. The second-order valence-electron chi connectivity index (χ2n) is 23.4. The van der Waals surface area contributed by atoms with Gasteiger partial charge in [0, 0.05) is 43.5 Å². The number of likely N-dealkylation sites (tertiary alicyclic amines) is 1. The third-order valence-corrected chi connectivity index (χ3v) is 16.4. The Morgan fingerprint density at radius 1 is 0.838 bits per heavy atom. The number of allylic oxidation sites excluding steroid dienone is 4. The molecule has 4 unspecified atom stereocenters. The van der Waals surface area contributed by atoms with Crippen LogP contribution in [0.5, 0.6) is 0 Å². The first-order valence-electron chi connectivity index (χ1n) is 31.0. The normalized spacial score (nSPS) is 15.7. The molecule has 6 rings (SSSR count). The Morgan fingerprint density at radius 3 is 2.02 bits per heavy atom. The van der Waals surface area contributed by atoms with Gasteiger partial charge in [-0.2, -0.15) is 0 Å². The van der Waals surface area contributed by atoms with Gasteiger partial charge in [0.2, 0.25) is 0 Å². The number of rotatable bonds is 24. The predicted octanol–water partition coefficient (Wildman–Crippen LogP) is 17.7. The number of aldehydes is 1. The molecule has 0 amide bonds. The van der Waals surface area contributed by atoms with Gasteiger partial charge in [-0.25, -0.2) is 4.98 Å². The van der Waals surface area contributed by atoms with E-state index in [9.17, 15) is 4.79 Å². The molecule has 4 atom stereocenters. The number of methoxy groups -OCH3 is 1. The van der Waals surface area contributed by atoms with Gasteiger partial charge in [0.15, 0.2) is 12.1 Å². The molecular weight excluding hydrogens is 983 g/mol. The van der Waals surface area contributed by atoms with Crippen molar-refractivity contribution in [3.8, 4) is 5.82 Å². The molecule has 9 heteroatoms. The van der Waals surface area contributed by atoms with E-state index in [0.717, 1.165) is 118 Å². The summed E-state index contributed by atoms with van der Waals surface area (Å²) in [5.41, 5.74) is 11.8. The molecule has 2 aromatic carbocycles. The Morgan fingerprint density at radius 2 is 1.50 bits per heavy atom. The van der Waals surface area contributed by atoms with Crippen LogP contribution in [-0.2, 0) is 23.2 Å². The van der Waals surface area contributed by atoms with Crippen molar-refractivity contribution < 1.29 is 9.53 Å². The second-order valence-corrected chi connectivity index (χ2v) is 23.4. The van der Waals surface area contributed by atoms with E-state index in [2.05, 4.69) is 234 Å². The maximum Gasteiger partial charge on any atom is 0.166 e. The lowest BCUT2D eigenvalue weighted by atomic mass is 9.79. The van der Waals surface area contributed by atoms with E-state index >= 15 is 0 Å². The summed E-state index contributed by atoms with van der Waals surface area (Å²) in [4.78, 5) is 18.7. The fraction of sp³-hybridized carbons (Fsp3) is 0.577. The van der Waals surface area contributed by atoms with Crippen LogP contribution in [0.15, 0.2) is 127 Å². The van der Waals surface area contributed by atoms with Gasteiger partial charge < -0.3 is 26.0 Å². The number of fused-ring (bicyclic) bond motifs is 4. The minimum atomic E-state index is -0.153. The minimum Gasteiger partial charge on any atom is -0.501 e. The van der Waals surface area contributed by atoms with Gasteiger partial charge in [-0.1, -0.05) is 163 Å². The van der Waals surface area contributed by atoms with Gasteiger partial charge in [-0.15, -0.1) is 0 Å². The van der Waals surface area contributed by atoms with Crippen molar-refractivity contribution in [2.45, 2.75) is 212 Å². The smallest absolute Gasteiger partial charge is 0.166 e. The molecule has 2 aliphatic heterocycles. The quantitative estimate of drug-likeness (QED) is 0.0313. The minimum absolute atomic E-state index is 0.111. The molecule has 1 fully saturated rings. The van der Waals surface area contributed by atoms with Gasteiger partial charge in [0.1, 0.15) is 0 Å². The molecule has 446 valence electrons. The number of aromatic nitrogens is 2. The van der Waals surface area contributed by atoms with Crippen molar-refractivity contribution >= 4 is 12.0 Å². The Labute approximate surface area is 490 Å². The predicted molar refractivity (Wildman–Crippen MR) is 348 cm³/mol. The first-order chi connectivity index (χ1) is 38.2. The number of hydrogen-bond acceptors (Lipinski definition) is 8. The summed E-state index contributed by atoms with van der Waals surface area (Å²) in [6.45, 7) is 46.4. The molecule has 2 aliphatic rings. The molecule has 1 saturated heterocycles. The number of anilines is 1. The Hall–Kier alpha value is -5.38. The summed E-state index contributed by atoms with van der Waals surface area (Å²) in [7, 11) is 3.71. The van der Waals surface area contributed by atoms with Gasteiger partial charge in [-0.3, -0.25) is 14.3 Å².